The van der Waals surface area contributed by atoms with Gasteiger partial charge in [-0.3, -0.25) is 4.79 Å². The number of carbonyl (C=O) groups excluding carboxylic acids is 1. The third-order valence-electron chi connectivity index (χ3n) is 1.93. The van der Waals surface area contributed by atoms with E-state index in [-0.39, 0.29) is 11.7 Å². The van der Waals surface area contributed by atoms with Gasteiger partial charge in [-0.05, 0) is 6.92 Å². The number of hydrazone groups is 1. The van der Waals surface area contributed by atoms with Crippen molar-refractivity contribution in [2.45, 2.75) is 26.8 Å². The van der Waals surface area contributed by atoms with Crippen molar-refractivity contribution in [2.75, 3.05) is 0 Å². The first-order valence-corrected chi connectivity index (χ1v) is 3.47. The van der Waals surface area contributed by atoms with Crippen LogP contribution in [-0.2, 0) is 4.79 Å². The molecule has 1 N–H and O–H groups in total. The number of nitrogens with one attached hydrogen (secondary N) is 1. The van der Waals surface area contributed by atoms with Gasteiger partial charge in [0.15, 0.2) is 5.78 Å². The highest BCUT2D eigenvalue weighted by Gasteiger charge is 2.26. The summed E-state index contributed by atoms with van der Waals surface area (Å²) in [7, 11) is 0. The molecule has 1 aliphatic heterocycles. The standard InChI is InChI=1S/C7H12N2O/c1-4-5(2)8-9-7(4)6(3)10/h4-5,8H,1-3H3. The summed E-state index contributed by atoms with van der Waals surface area (Å²) in [6.07, 6.45) is 0. The summed E-state index contributed by atoms with van der Waals surface area (Å²) in [5.41, 5.74) is 3.54. The van der Waals surface area contributed by atoms with Crippen molar-refractivity contribution < 1.29 is 4.79 Å². The minimum Gasteiger partial charge on any atom is -0.306 e. The molecule has 0 aliphatic carbocycles. The topological polar surface area (TPSA) is 41.5 Å². The summed E-state index contributed by atoms with van der Waals surface area (Å²) in [5.74, 6) is 0.335. The quantitative estimate of drug-likeness (QED) is 0.578. The van der Waals surface area contributed by atoms with Gasteiger partial charge in [-0.1, -0.05) is 6.92 Å². The summed E-state index contributed by atoms with van der Waals surface area (Å²) in [6.45, 7) is 5.57. The molecule has 1 heterocycles. The predicted molar refractivity (Wildman–Crippen MR) is 39.9 cm³/mol. The first-order chi connectivity index (χ1) is 4.63. The van der Waals surface area contributed by atoms with Crippen LogP contribution >= 0.6 is 0 Å². The molecule has 0 aromatic heterocycles. The molecule has 0 spiro atoms. The van der Waals surface area contributed by atoms with E-state index in [9.17, 15) is 4.79 Å². The number of Topliss-reactive ketones (excluding diaryl/α,β-unsaturated/α-hetero) is 1. The fourth-order valence-electron chi connectivity index (χ4n) is 1.02. The van der Waals surface area contributed by atoms with Gasteiger partial charge in [-0.25, -0.2) is 0 Å². The largest absolute Gasteiger partial charge is 0.306 e. The summed E-state index contributed by atoms with van der Waals surface area (Å²) < 4.78 is 0. The number of rotatable bonds is 1. The number of carbonyl (C=O) groups is 1. The third-order valence-corrected chi connectivity index (χ3v) is 1.93. The Morgan fingerprint density at radius 3 is 2.40 bits per heavy atom. The van der Waals surface area contributed by atoms with E-state index >= 15 is 0 Å². The van der Waals surface area contributed by atoms with Crippen molar-refractivity contribution in [1.29, 1.82) is 0 Å². The van der Waals surface area contributed by atoms with Crippen molar-refractivity contribution in [3.8, 4) is 0 Å². The first kappa shape index (κ1) is 7.25. The molecular formula is C7H12N2O. The van der Waals surface area contributed by atoms with E-state index in [4.69, 9.17) is 0 Å². The fourth-order valence-corrected chi connectivity index (χ4v) is 1.02. The van der Waals surface area contributed by atoms with E-state index in [0.29, 0.717) is 11.8 Å². The first-order valence-electron chi connectivity index (χ1n) is 3.47. The molecule has 56 valence electrons. The van der Waals surface area contributed by atoms with E-state index in [0.717, 1.165) is 0 Å². The van der Waals surface area contributed by atoms with Gasteiger partial charge in [-0.2, -0.15) is 5.10 Å². The monoisotopic (exact) mass is 140 g/mol. The van der Waals surface area contributed by atoms with Gasteiger partial charge in [-0.15, -0.1) is 0 Å². The lowest BCUT2D eigenvalue weighted by atomic mass is 9.98. The molecule has 10 heavy (non-hydrogen) atoms. The van der Waals surface area contributed by atoms with Crippen LogP contribution in [0.15, 0.2) is 5.10 Å². The molecule has 0 saturated carbocycles. The van der Waals surface area contributed by atoms with Gasteiger partial charge >= 0.3 is 0 Å². The Morgan fingerprint density at radius 2 is 2.20 bits per heavy atom. The molecule has 1 aliphatic rings. The average molecular weight is 140 g/mol. The number of ketones is 1. The van der Waals surface area contributed by atoms with Crippen molar-refractivity contribution >= 4 is 11.5 Å². The van der Waals surface area contributed by atoms with Gasteiger partial charge in [0.2, 0.25) is 0 Å². The predicted octanol–water partition coefficient (Wildman–Crippen LogP) is 0.559. The second-order valence-corrected chi connectivity index (χ2v) is 2.76. The van der Waals surface area contributed by atoms with E-state index < -0.39 is 0 Å². The lowest BCUT2D eigenvalue weighted by molar-refractivity contribution is -0.111. The Hall–Kier alpha value is -0.860. The second kappa shape index (κ2) is 2.40. The highest BCUT2D eigenvalue weighted by molar-refractivity contribution is 6.40. The normalized spacial score (nSPS) is 31.3. The molecule has 0 amide bonds. The number of nitrogens with zero attached hydrogens (tertiary/aromatic N) is 1. The molecular weight excluding hydrogens is 128 g/mol. The van der Waals surface area contributed by atoms with Gasteiger partial charge in [0.05, 0.1) is 0 Å². The molecule has 0 aromatic carbocycles. The van der Waals surface area contributed by atoms with E-state index in [1.807, 2.05) is 13.8 Å². The highest BCUT2D eigenvalue weighted by Crippen LogP contribution is 2.11. The summed E-state index contributed by atoms with van der Waals surface area (Å²) in [4.78, 5) is 10.8. The summed E-state index contributed by atoms with van der Waals surface area (Å²) in [6, 6.07) is 0.305. The fraction of sp³-hybridized carbons (Fsp3) is 0.714. The Kier molecular flexibility index (Phi) is 1.74. The van der Waals surface area contributed by atoms with Gasteiger partial charge in [0.1, 0.15) is 5.71 Å². The lowest BCUT2D eigenvalue weighted by Gasteiger charge is -2.07. The Balaban J connectivity index is 2.72. The lowest BCUT2D eigenvalue weighted by Crippen LogP contribution is -2.25. The summed E-state index contributed by atoms with van der Waals surface area (Å²) >= 11 is 0. The number of hydrogen-bond donors (Lipinski definition) is 1. The average Bonchev–Trinajstić information content (AvgIpc) is 2.14. The molecule has 2 unspecified atom stereocenters. The van der Waals surface area contributed by atoms with Crippen LogP contribution in [0.2, 0.25) is 0 Å². The molecule has 0 aromatic rings. The highest BCUT2D eigenvalue weighted by atomic mass is 16.1. The smallest absolute Gasteiger partial charge is 0.176 e. The number of hydrogen-bond acceptors (Lipinski definition) is 3. The van der Waals surface area contributed by atoms with Crippen molar-refractivity contribution in [1.82, 2.24) is 5.43 Å². The van der Waals surface area contributed by atoms with Crippen LogP contribution in [0.5, 0.6) is 0 Å². The Labute approximate surface area is 60.5 Å². The molecule has 3 nitrogen and oxygen atoms in total. The van der Waals surface area contributed by atoms with Crippen LogP contribution in [0.25, 0.3) is 0 Å². The zero-order valence-corrected chi connectivity index (χ0v) is 6.51. The minimum atomic E-state index is 0.0735. The van der Waals surface area contributed by atoms with Crippen LogP contribution in [0, 0.1) is 5.92 Å². The van der Waals surface area contributed by atoms with E-state index in [2.05, 4.69) is 10.5 Å². The van der Waals surface area contributed by atoms with Crippen molar-refractivity contribution in [3.63, 3.8) is 0 Å². The second-order valence-electron chi connectivity index (χ2n) is 2.76. The maximum Gasteiger partial charge on any atom is 0.176 e. The van der Waals surface area contributed by atoms with E-state index in [1.165, 1.54) is 0 Å². The molecule has 0 fully saturated rings. The van der Waals surface area contributed by atoms with Gasteiger partial charge in [0, 0.05) is 18.9 Å². The van der Waals surface area contributed by atoms with Crippen LogP contribution in [0.4, 0.5) is 0 Å². The van der Waals surface area contributed by atoms with Crippen molar-refractivity contribution in [3.05, 3.63) is 0 Å². The van der Waals surface area contributed by atoms with Crippen LogP contribution < -0.4 is 5.43 Å². The maximum absolute atomic E-state index is 10.8. The summed E-state index contributed by atoms with van der Waals surface area (Å²) in [5, 5.41) is 3.91. The molecule has 0 saturated heterocycles. The zero-order valence-electron chi connectivity index (χ0n) is 6.51. The van der Waals surface area contributed by atoms with Crippen LogP contribution in [0.1, 0.15) is 20.8 Å². The van der Waals surface area contributed by atoms with Crippen LogP contribution in [-0.4, -0.2) is 17.5 Å². The van der Waals surface area contributed by atoms with Crippen molar-refractivity contribution in [2.24, 2.45) is 11.0 Å². The van der Waals surface area contributed by atoms with Crippen LogP contribution in [0.3, 0.4) is 0 Å². The third kappa shape index (κ3) is 1.03. The van der Waals surface area contributed by atoms with Gasteiger partial charge < -0.3 is 5.43 Å². The van der Waals surface area contributed by atoms with E-state index in [1.54, 1.807) is 6.92 Å². The SMILES string of the molecule is CC(=O)C1=NNC(C)C1C. The molecule has 0 radical (unpaired) electrons. The van der Waals surface area contributed by atoms with Gasteiger partial charge in [0.25, 0.3) is 0 Å². The molecule has 2 atom stereocenters. The zero-order chi connectivity index (χ0) is 7.72. The molecule has 1 rings (SSSR count). The maximum atomic E-state index is 10.8. The molecule has 3 heteroatoms. The minimum absolute atomic E-state index is 0.0735. The molecule has 0 bridgehead atoms. The Bertz CT molecular complexity index is 186. The Morgan fingerprint density at radius 1 is 1.60 bits per heavy atom.